The summed E-state index contributed by atoms with van der Waals surface area (Å²) in [5.74, 6) is -0.258. The van der Waals surface area contributed by atoms with Crippen LogP contribution < -0.4 is 9.62 Å². The van der Waals surface area contributed by atoms with Crippen molar-refractivity contribution in [1.29, 1.82) is 0 Å². The molecule has 154 valence electrons. The molecule has 0 spiro atoms. The van der Waals surface area contributed by atoms with Crippen molar-refractivity contribution >= 4 is 33.2 Å². The molecule has 0 unspecified atom stereocenters. The second-order valence-corrected chi connectivity index (χ2v) is 9.44. The minimum absolute atomic E-state index is 0.192. The van der Waals surface area contributed by atoms with Gasteiger partial charge < -0.3 is 5.32 Å². The van der Waals surface area contributed by atoms with E-state index in [4.69, 9.17) is 11.6 Å². The van der Waals surface area contributed by atoms with E-state index in [1.54, 1.807) is 30.3 Å². The Balaban J connectivity index is 1.67. The van der Waals surface area contributed by atoms with Gasteiger partial charge in [0.25, 0.3) is 15.9 Å². The van der Waals surface area contributed by atoms with Gasteiger partial charge in [-0.2, -0.15) is 0 Å². The molecule has 0 bridgehead atoms. The van der Waals surface area contributed by atoms with Gasteiger partial charge in [-0.15, -0.1) is 0 Å². The average Bonchev–Trinajstić information content (AvgIpc) is 2.74. The van der Waals surface area contributed by atoms with E-state index in [0.717, 1.165) is 23.6 Å². The molecular formula is C22H25ClN2O3S. The van der Waals surface area contributed by atoms with Crippen LogP contribution in [0.15, 0.2) is 65.1 Å². The topological polar surface area (TPSA) is 66.5 Å². The van der Waals surface area contributed by atoms with E-state index >= 15 is 0 Å². The quantitative estimate of drug-likeness (QED) is 0.640. The van der Waals surface area contributed by atoms with E-state index in [2.05, 4.69) is 11.4 Å². The molecule has 0 saturated heterocycles. The van der Waals surface area contributed by atoms with Gasteiger partial charge in [0.15, 0.2) is 0 Å². The predicted octanol–water partition coefficient (Wildman–Crippen LogP) is 4.79. The normalized spacial score (nSPS) is 14.2. The van der Waals surface area contributed by atoms with Gasteiger partial charge in [0.1, 0.15) is 0 Å². The van der Waals surface area contributed by atoms with Crippen LogP contribution in [0.2, 0.25) is 5.02 Å². The van der Waals surface area contributed by atoms with Crippen molar-refractivity contribution in [2.45, 2.75) is 37.0 Å². The third kappa shape index (κ3) is 5.19. The van der Waals surface area contributed by atoms with Crippen LogP contribution in [0.25, 0.3) is 0 Å². The van der Waals surface area contributed by atoms with Crippen LogP contribution in [0.1, 0.15) is 42.5 Å². The zero-order chi connectivity index (χ0) is 20.9. The molecular weight excluding hydrogens is 408 g/mol. The fourth-order valence-corrected chi connectivity index (χ4v) is 4.81. The first-order valence-electron chi connectivity index (χ1n) is 9.69. The Labute approximate surface area is 177 Å². The van der Waals surface area contributed by atoms with Crippen LogP contribution in [0.3, 0.4) is 0 Å². The molecule has 0 saturated carbocycles. The molecule has 0 radical (unpaired) electrons. The average molecular weight is 433 g/mol. The van der Waals surface area contributed by atoms with Crippen molar-refractivity contribution in [3.05, 3.63) is 70.8 Å². The highest BCUT2D eigenvalue weighted by atomic mass is 35.5. The van der Waals surface area contributed by atoms with Crippen LogP contribution in [-0.2, 0) is 10.0 Å². The Morgan fingerprint density at radius 3 is 2.55 bits per heavy atom. The van der Waals surface area contributed by atoms with Gasteiger partial charge in [-0.05, 0) is 62.4 Å². The number of halogens is 1. The van der Waals surface area contributed by atoms with Gasteiger partial charge in [-0.3, -0.25) is 9.10 Å². The second kappa shape index (κ2) is 9.46. The number of anilines is 1. The van der Waals surface area contributed by atoms with E-state index in [1.807, 2.05) is 0 Å². The zero-order valence-corrected chi connectivity index (χ0v) is 18.0. The maximum absolute atomic E-state index is 12.8. The number of hydrogen-bond acceptors (Lipinski definition) is 3. The van der Waals surface area contributed by atoms with E-state index < -0.39 is 10.0 Å². The molecule has 3 rings (SSSR count). The fraction of sp³-hybridized carbons (Fsp3) is 0.318. The maximum Gasteiger partial charge on any atom is 0.264 e. The number of rotatable bonds is 7. The Morgan fingerprint density at radius 1 is 1.14 bits per heavy atom. The Bertz CT molecular complexity index is 1000. The first kappa shape index (κ1) is 21.4. The molecule has 1 amide bonds. The number of amides is 1. The van der Waals surface area contributed by atoms with Gasteiger partial charge in [-0.25, -0.2) is 8.42 Å². The van der Waals surface area contributed by atoms with E-state index in [1.165, 1.54) is 43.7 Å². The van der Waals surface area contributed by atoms with Crippen LogP contribution in [0, 0.1) is 0 Å². The fourth-order valence-electron chi connectivity index (χ4n) is 3.34. The summed E-state index contributed by atoms with van der Waals surface area (Å²) in [4.78, 5) is 12.7. The molecule has 0 atom stereocenters. The van der Waals surface area contributed by atoms with Crippen molar-refractivity contribution < 1.29 is 13.2 Å². The summed E-state index contributed by atoms with van der Waals surface area (Å²) in [7, 11) is -2.24. The van der Waals surface area contributed by atoms with Crippen molar-refractivity contribution in [3.63, 3.8) is 0 Å². The van der Waals surface area contributed by atoms with Gasteiger partial charge in [-0.1, -0.05) is 41.4 Å². The van der Waals surface area contributed by atoms with Crippen LogP contribution in [0.5, 0.6) is 0 Å². The van der Waals surface area contributed by atoms with Crippen molar-refractivity contribution in [2.24, 2.45) is 0 Å². The predicted molar refractivity (Wildman–Crippen MR) is 117 cm³/mol. The molecule has 0 heterocycles. The highest BCUT2D eigenvalue weighted by Gasteiger charge is 2.22. The van der Waals surface area contributed by atoms with Crippen molar-refractivity contribution in [2.75, 3.05) is 17.9 Å². The SMILES string of the molecule is CN(c1ccc(C(=O)NCCC2=CCCCC2)c(Cl)c1)S(=O)(=O)c1ccccc1. The van der Waals surface area contributed by atoms with Crippen molar-refractivity contribution in [1.82, 2.24) is 5.32 Å². The van der Waals surface area contributed by atoms with Crippen molar-refractivity contribution in [3.8, 4) is 0 Å². The standard InChI is InChI=1S/C22H25ClN2O3S/c1-25(29(27,28)19-10-6-3-7-11-19)18-12-13-20(21(23)16-18)22(26)24-15-14-17-8-4-2-5-9-17/h3,6-8,10-13,16H,2,4-5,9,14-15H2,1H3,(H,24,26). The number of carbonyl (C=O) groups is 1. The summed E-state index contributed by atoms with van der Waals surface area (Å²) < 4.78 is 26.7. The van der Waals surface area contributed by atoms with E-state index in [-0.39, 0.29) is 15.8 Å². The number of nitrogens with zero attached hydrogens (tertiary/aromatic N) is 1. The smallest absolute Gasteiger partial charge is 0.264 e. The molecule has 0 aromatic heterocycles. The van der Waals surface area contributed by atoms with E-state index in [9.17, 15) is 13.2 Å². The molecule has 1 aliphatic carbocycles. The van der Waals surface area contributed by atoms with Gasteiger partial charge in [0, 0.05) is 13.6 Å². The third-order valence-corrected chi connectivity index (χ3v) is 7.19. The van der Waals surface area contributed by atoms with E-state index in [0.29, 0.717) is 17.8 Å². The molecule has 1 aliphatic rings. The summed E-state index contributed by atoms with van der Waals surface area (Å²) >= 11 is 6.30. The summed E-state index contributed by atoms with van der Waals surface area (Å²) in [6, 6.07) is 12.8. The Kier molecular flexibility index (Phi) is 6.98. The lowest BCUT2D eigenvalue weighted by Crippen LogP contribution is -2.27. The lowest BCUT2D eigenvalue weighted by Gasteiger charge is -2.20. The highest BCUT2D eigenvalue weighted by Crippen LogP contribution is 2.27. The summed E-state index contributed by atoms with van der Waals surface area (Å²) in [6.45, 7) is 0.561. The minimum Gasteiger partial charge on any atom is -0.352 e. The maximum atomic E-state index is 12.8. The van der Waals surface area contributed by atoms with Gasteiger partial charge in [0.2, 0.25) is 0 Å². The molecule has 2 aromatic carbocycles. The number of hydrogen-bond donors (Lipinski definition) is 1. The first-order valence-corrected chi connectivity index (χ1v) is 11.5. The Morgan fingerprint density at radius 2 is 1.90 bits per heavy atom. The molecule has 29 heavy (non-hydrogen) atoms. The summed E-state index contributed by atoms with van der Waals surface area (Å²) in [5.41, 5.74) is 2.12. The molecule has 1 N–H and O–H groups in total. The third-order valence-electron chi connectivity index (χ3n) is 5.08. The number of carbonyl (C=O) groups excluding carboxylic acids is 1. The summed E-state index contributed by atoms with van der Waals surface area (Å²) in [6.07, 6.45) is 7.79. The summed E-state index contributed by atoms with van der Waals surface area (Å²) in [5, 5.41) is 3.11. The van der Waals surface area contributed by atoms with Crippen LogP contribution in [0.4, 0.5) is 5.69 Å². The molecule has 0 fully saturated rings. The number of allylic oxidation sites excluding steroid dienone is 1. The molecule has 7 heteroatoms. The van der Waals surface area contributed by atoms with Crippen LogP contribution >= 0.6 is 11.6 Å². The Hall–Kier alpha value is -2.31. The number of benzene rings is 2. The lowest BCUT2D eigenvalue weighted by atomic mass is 9.97. The zero-order valence-electron chi connectivity index (χ0n) is 16.4. The number of nitrogens with one attached hydrogen (secondary N) is 1. The molecule has 0 aliphatic heterocycles. The lowest BCUT2D eigenvalue weighted by molar-refractivity contribution is 0.0954. The highest BCUT2D eigenvalue weighted by molar-refractivity contribution is 7.92. The monoisotopic (exact) mass is 432 g/mol. The van der Waals surface area contributed by atoms with Gasteiger partial charge in [0.05, 0.1) is 21.2 Å². The molecule has 5 nitrogen and oxygen atoms in total. The second-order valence-electron chi connectivity index (χ2n) is 7.06. The first-order chi connectivity index (χ1) is 13.9. The molecule has 2 aromatic rings. The van der Waals surface area contributed by atoms with Gasteiger partial charge >= 0.3 is 0 Å². The van der Waals surface area contributed by atoms with Crippen LogP contribution in [-0.4, -0.2) is 27.9 Å². The number of sulfonamides is 1. The minimum atomic E-state index is -3.70. The largest absolute Gasteiger partial charge is 0.352 e.